The molecule has 0 radical (unpaired) electrons. The standard InChI is InChI=1S/C20H22N4O5S/c1-20(19(26)22-27,30(2,28)29)9-13-23-12-8-16(14-18(23)25)15-4-6-17(7-5-15)24-11-3-10-21-24/h3-8,10-12,14,27H,9,13H2,1-2H3,(H,22,26). The van der Waals surface area contributed by atoms with Crippen molar-refractivity contribution in [3.8, 4) is 16.8 Å². The molecule has 0 saturated carbocycles. The maximum Gasteiger partial charge on any atom is 0.264 e. The molecule has 9 nitrogen and oxygen atoms in total. The Morgan fingerprint density at radius 1 is 1.17 bits per heavy atom. The Balaban J connectivity index is 1.80. The van der Waals surface area contributed by atoms with Crippen LogP contribution in [0.15, 0.2) is 65.8 Å². The Kier molecular flexibility index (Phi) is 5.90. The van der Waals surface area contributed by atoms with E-state index in [2.05, 4.69) is 5.10 Å². The van der Waals surface area contributed by atoms with Crippen LogP contribution in [-0.4, -0.2) is 44.9 Å². The zero-order chi connectivity index (χ0) is 21.9. The molecule has 0 aliphatic carbocycles. The molecule has 0 bridgehead atoms. The molecule has 10 heteroatoms. The number of aromatic nitrogens is 3. The van der Waals surface area contributed by atoms with Gasteiger partial charge in [-0.15, -0.1) is 0 Å². The van der Waals surface area contributed by atoms with Gasteiger partial charge in [0, 0.05) is 37.5 Å². The number of hydroxylamine groups is 1. The van der Waals surface area contributed by atoms with Crippen molar-refractivity contribution in [2.45, 2.75) is 24.6 Å². The summed E-state index contributed by atoms with van der Waals surface area (Å²) in [5.74, 6) is -1.04. The molecule has 0 aliphatic heterocycles. The normalized spacial score (nSPS) is 13.6. The number of nitrogens with one attached hydrogen (secondary N) is 1. The van der Waals surface area contributed by atoms with Gasteiger partial charge in [0.05, 0.1) is 5.69 Å². The predicted molar refractivity (Wildman–Crippen MR) is 111 cm³/mol. The van der Waals surface area contributed by atoms with Crippen LogP contribution < -0.4 is 11.0 Å². The van der Waals surface area contributed by atoms with E-state index in [9.17, 15) is 18.0 Å². The van der Waals surface area contributed by atoms with Crippen LogP contribution in [-0.2, 0) is 21.2 Å². The molecule has 3 rings (SSSR count). The SMILES string of the molecule is CC(CCn1ccc(-c2ccc(-n3cccn3)cc2)cc1=O)(C(=O)NO)S(C)(=O)=O. The maximum atomic E-state index is 12.5. The zero-order valence-electron chi connectivity index (χ0n) is 16.5. The first kappa shape index (κ1) is 21.5. The summed E-state index contributed by atoms with van der Waals surface area (Å²) in [6, 6.07) is 12.6. The largest absolute Gasteiger partial charge is 0.315 e. The lowest BCUT2D eigenvalue weighted by Gasteiger charge is -2.25. The Bertz CT molecular complexity index is 1200. The fourth-order valence-electron chi connectivity index (χ4n) is 3.02. The number of nitrogens with zero attached hydrogens (tertiary/aromatic N) is 3. The third-order valence-electron chi connectivity index (χ3n) is 5.20. The minimum absolute atomic E-state index is 0.00562. The van der Waals surface area contributed by atoms with Crippen molar-refractivity contribution in [1.29, 1.82) is 0 Å². The van der Waals surface area contributed by atoms with Crippen molar-refractivity contribution in [2.24, 2.45) is 0 Å². The highest BCUT2D eigenvalue weighted by atomic mass is 32.2. The summed E-state index contributed by atoms with van der Waals surface area (Å²) >= 11 is 0. The highest BCUT2D eigenvalue weighted by Crippen LogP contribution is 2.23. The predicted octanol–water partition coefficient (Wildman–Crippen LogP) is 1.40. The molecule has 0 saturated heterocycles. The van der Waals surface area contributed by atoms with Crippen LogP contribution in [0.25, 0.3) is 16.8 Å². The molecule has 0 spiro atoms. The van der Waals surface area contributed by atoms with Crippen LogP contribution in [0.2, 0.25) is 0 Å². The topological polar surface area (TPSA) is 123 Å². The van der Waals surface area contributed by atoms with Crippen LogP contribution in [0, 0.1) is 0 Å². The molecule has 1 unspecified atom stereocenters. The zero-order valence-corrected chi connectivity index (χ0v) is 17.3. The number of pyridine rings is 1. The Hall–Kier alpha value is -3.24. The highest BCUT2D eigenvalue weighted by Gasteiger charge is 2.43. The molecule has 1 atom stereocenters. The Morgan fingerprint density at radius 3 is 2.40 bits per heavy atom. The smallest absolute Gasteiger partial charge is 0.264 e. The van der Waals surface area contributed by atoms with Crippen LogP contribution in [0.1, 0.15) is 13.3 Å². The molecular formula is C20H22N4O5S. The first-order valence-corrected chi connectivity index (χ1v) is 11.0. The van der Waals surface area contributed by atoms with E-state index >= 15 is 0 Å². The minimum atomic E-state index is -3.83. The van der Waals surface area contributed by atoms with Gasteiger partial charge < -0.3 is 4.57 Å². The van der Waals surface area contributed by atoms with Crippen LogP contribution >= 0.6 is 0 Å². The molecular weight excluding hydrogens is 408 g/mol. The van der Waals surface area contributed by atoms with Gasteiger partial charge in [0.15, 0.2) is 14.6 Å². The van der Waals surface area contributed by atoms with E-state index in [0.717, 1.165) is 17.5 Å². The second kappa shape index (κ2) is 8.25. The van der Waals surface area contributed by atoms with E-state index in [1.807, 2.05) is 36.5 Å². The summed E-state index contributed by atoms with van der Waals surface area (Å²) in [6.45, 7) is 1.21. The molecule has 2 aromatic heterocycles. The third kappa shape index (κ3) is 4.19. The van der Waals surface area contributed by atoms with Gasteiger partial charge in [-0.2, -0.15) is 5.10 Å². The quantitative estimate of drug-likeness (QED) is 0.431. The van der Waals surface area contributed by atoms with Crippen molar-refractivity contribution in [1.82, 2.24) is 19.8 Å². The number of sulfone groups is 1. The highest BCUT2D eigenvalue weighted by molar-refractivity contribution is 7.92. The number of benzene rings is 1. The molecule has 2 N–H and O–H groups in total. The number of aryl methyl sites for hydroxylation is 1. The summed E-state index contributed by atoms with van der Waals surface area (Å²) < 4.78 is 25.3. The fraction of sp³-hybridized carbons (Fsp3) is 0.250. The molecule has 3 aromatic rings. The Morgan fingerprint density at radius 2 is 1.87 bits per heavy atom. The van der Waals surface area contributed by atoms with Crippen molar-refractivity contribution < 1.29 is 18.4 Å². The molecule has 0 aliphatic rings. The van der Waals surface area contributed by atoms with Crippen molar-refractivity contribution in [3.63, 3.8) is 0 Å². The van der Waals surface area contributed by atoms with Crippen LogP contribution in [0.4, 0.5) is 0 Å². The lowest BCUT2D eigenvalue weighted by Crippen LogP contribution is -2.49. The maximum absolute atomic E-state index is 12.5. The van der Waals surface area contributed by atoms with Gasteiger partial charge in [-0.05, 0) is 48.7 Å². The average molecular weight is 430 g/mol. The number of amides is 1. The number of carbonyl (C=O) groups excluding carboxylic acids is 1. The third-order valence-corrected chi connectivity index (χ3v) is 7.22. The van der Waals surface area contributed by atoms with E-state index in [1.165, 1.54) is 23.0 Å². The van der Waals surface area contributed by atoms with Crippen LogP contribution in [0.5, 0.6) is 0 Å². The number of carbonyl (C=O) groups is 1. The van der Waals surface area contributed by atoms with Crippen LogP contribution in [0.3, 0.4) is 0 Å². The molecule has 30 heavy (non-hydrogen) atoms. The van der Waals surface area contributed by atoms with E-state index in [0.29, 0.717) is 5.56 Å². The second-order valence-corrected chi connectivity index (χ2v) is 9.58. The van der Waals surface area contributed by atoms with Gasteiger partial charge in [0.25, 0.3) is 11.5 Å². The first-order chi connectivity index (χ1) is 14.2. The van der Waals surface area contributed by atoms with E-state index in [4.69, 9.17) is 5.21 Å². The summed E-state index contributed by atoms with van der Waals surface area (Å²) in [5.41, 5.74) is 3.51. The number of hydrogen-bond donors (Lipinski definition) is 2. The van der Waals surface area contributed by atoms with Gasteiger partial charge in [-0.25, -0.2) is 18.6 Å². The van der Waals surface area contributed by atoms with Gasteiger partial charge >= 0.3 is 0 Å². The van der Waals surface area contributed by atoms with E-state index in [1.54, 1.807) is 23.1 Å². The van der Waals surface area contributed by atoms with Crippen molar-refractivity contribution in [2.75, 3.05) is 6.26 Å². The molecule has 2 heterocycles. The van der Waals surface area contributed by atoms with E-state index < -0.39 is 20.5 Å². The second-order valence-electron chi connectivity index (χ2n) is 7.14. The van der Waals surface area contributed by atoms with Gasteiger partial charge in [0.1, 0.15) is 0 Å². The summed E-state index contributed by atoms with van der Waals surface area (Å²) in [5, 5.41) is 13.1. The Labute approximate surface area is 173 Å². The lowest BCUT2D eigenvalue weighted by molar-refractivity contribution is -0.131. The number of rotatable bonds is 7. The van der Waals surface area contributed by atoms with Gasteiger partial charge in [-0.3, -0.25) is 14.8 Å². The average Bonchev–Trinajstić information content (AvgIpc) is 3.26. The summed E-state index contributed by atoms with van der Waals surface area (Å²) in [7, 11) is -3.83. The molecule has 1 amide bonds. The molecule has 158 valence electrons. The first-order valence-electron chi connectivity index (χ1n) is 9.11. The van der Waals surface area contributed by atoms with Crippen molar-refractivity contribution >= 4 is 15.7 Å². The molecule has 1 aromatic carbocycles. The monoisotopic (exact) mass is 430 g/mol. The van der Waals surface area contributed by atoms with E-state index in [-0.39, 0.29) is 18.5 Å². The number of hydrogen-bond acceptors (Lipinski definition) is 6. The summed E-state index contributed by atoms with van der Waals surface area (Å²) in [4.78, 5) is 24.4. The molecule has 0 fully saturated rings. The van der Waals surface area contributed by atoms with Crippen molar-refractivity contribution in [3.05, 3.63) is 71.4 Å². The fourth-order valence-corrected chi connectivity index (χ4v) is 3.86. The lowest BCUT2D eigenvalue weighted by atomic mass is 10.1. The van der Waals surface area contributed by atoms with Gasteiger partial charge in [0.2, 0.25) is 0 Å². The summed E-state index contributed by atoms with van der Waals surface area (Å²) in [6.07, 6.45) is 5.82. The van der Waals surface area contributed by atoms with Gasteiger partial charge in [-0.1, -0.05) is 12.1 Å². The minimum Gasteiger partial charge on any atom is -0.315 e.